The molecule has 21 heavy (non-hydrogen) atoms. The second-order valence-corrected chi connectivity index (χ2v) is 5.87. The van der Waals surface area contributed by atoms with Gasteiger partial charge in [-0.25, -0.2) is 0 Å². The fourth-order valence-electron chi connectivity index (χ4n) is 2.11. The summed E-state index contributed by atoms with van der Waals surface area (Å²) < 4.78 is 0. The number of hydrogen-bond acceptors (Lipinski definition) is 3. The van der Waals surface area contributed by atoms with Crippen molar-refractivity contribution < 1.29 is 9.59 Å². The number of hydrogen-bond donors (Lipinski definition) is 3. The first-order valence-electron chi connectivity index (χ1n) is 7.43. The summed E-state index contributed by atoms with van der Waals surface area (Å²) in [5.74, 6) is 0.309. The lowest BCUT2D eigenvalue weighted by Gasteiger charge is -2.16. The van der Waals surface area contributed by atoms with Crippen LogP contribution < -0.4 is 16.4 Å². The second kappa shape index (κ2) is 6.72. The number of carbonyl (C=O) groups is 2. The predicted molar refractivity (Wildman–Crippen MR) is 82.9 cm³/mol. The van der Waals surface area contributed by atoms with Crippen molar-refractivity contribution in [2.24, 2.45) is 17.6 Å². The summed E-state index contributed by atoms with van der Waals surface area (Å²) in [6.45, 7) is 4.14. The van der Waals surface area contributed by atoms with Crippen LogP contribution in [0.5, 0.6) is 0 Å². The molecule has 1 unspecified atom stereocenters. The van der Waals surface area contributed by atoms with E-state index in [1.165, 1.54) is 0 Å². The number of anilines is 1. The normalized spacial score (nSPS) is 15.6. The topological polar surface area (TPSA) is 84.2 Å². The minimum Gasteiger partial charge on any atom is -0.348 e. The van der Waals surface area contributed by atoms with Crippen LogP contribution in [0.4, 0.5) is 5.69 Å². The Morgan fingerprint density at radius 3 is 2.33 bits per heavy atom. The highest BCUT2D eigenvalue weighted by molar-refractivity contribution is 5.96. The molecule has 0 saturated heterocycles. The van der Waals surface area contributed by atoms with Gasteiger partial charge in [-0.3, -0.25) is 9.59 Å². The molecule has 4 N–H and O–H groups in total. The molecule has 114 valence electrons. The van der Waals surface area contributed by atoms with E-state index in [2.05, 4.69) is 10.6 Å². The third-order valence-electron chi connectivity index (χ3n) is 3.70. The van der Waals surface area contributed by atoms with Crippen molar-refractivity contribution in [1.82, 2.24) is 5.32 Å². The van der Waals surface area contributed by atoms with E-state index in [0.29, 0.717) is 23.7 Å². The first-order valence-corrected chi connectivity index (χ1v) is 7.43. The highest BCUT2D eigenvalue weighted by Gasteiger charge is 2.31. The summed E-state index contributed by atoms with van der Waals surface area (Å²) in [5, 5.41) is 5.77. The van der Waals surface area contributed by atoms with Crippen molar-refractivity contribution in [3.8, 4) is 0 Å². The van der Waals surface area contributed by atoms with Crippen molar-refractivity contribution in [3.05, 3.63) is 29.8 Å². The summed E-state index contributed by atoms with van der Waals surface area (Å²) in [6.07, 6.45) is 2.28. The van der Waals surface area contributed by atoms with Gasteiger partial charge in [0.05, 0.1) is 0 Å². The molecule has 0 aromatic heterocycles. The van der Waals surface area contributed by atoms with Gasteiger partial charge in [0, 0.05) is 29.8 Å². The number of nitrogens with one attached hydrogen (secondary N) is 2. The lowest BCUT2D eigenvalue weighted by molar-refractivity contribution is -0.118. The number of benzene rings is 1. The number of amides is 2. The van der Waals surface area contributed by atoms with E-state index in [-0.39, 0.29) is 23.8 Å². The minimum absolute atomic E-state index is 0.0378. The zero-order chi connectivity index (χ0) is 15.4. The molecular formula is C16H23N3O2. The van der Waals surface area contributed by atoms with Crippen LogP contribution in [0.15, 0.2) is 24.3 Å². The van der Waals surface area contributed by atoms with Crippen molar-refractivity contribution in [2.45, 2.75) is 32.7 Å². The monoisotopic (exact) mass is 289 g/mol. The van der Waals surface area contributed by atoms with Crippen molar-refractivity contribution >= 4 is 17.5 Å². The summed E-state index contributed by atoms with van der Waals surface area (Å²) in [7, 11) is 0. The average Bonchev–Trinajstić information content (AvgIpc) is 3.29. The predicted octanol–water partition coefficient (Wildman–Crippen LogP) is 1.75. The number of carbonyl (C=O) groups excluding carboxylic acids is 2. The Morgan fingerprint density at radius 1 is 1.24 bits per heavy atom. The molecule has 2 rings (SSSR count). The van der Waals surface area contributed by atoms with Crippen LogP contribution in [0.2, 0.25) is 0 Å². The van der Waals surface area contributed by atoms with Gasteiger partial charge in [-0.05, 0) is 43.0 Å². The molecule has 1 aromatic rings. The molecule has 0 spiro atoms. The summed E-state index contributed by atoms with van der Waals surface area (Å²) in [5.41, 5.74) is 6.96. The van der Waals surface area contributed by atoms with Gasteiger partial charge < -0.3 is 16.4 Å². The Kier molecular flexibility index (Phi) is 4.96. The van der Waals surface area contributed by atoms with Gasteiger partial charge in [-0.2, -0.15) is 0 Å². The van der Waals surface area contributed by atoms with E-state index in [1.807, 2.05) is 13.8 Å². The summed E-state index contributed by atoms with van der Waals surface area (Å²) in [4.78, 5) is 23.7. The average molecular weight is 289 g/mol. The Balaban J connectivity index is 1.94. The third kappa shape index (κ3) is 4.29. The van der Waals surface area contributed by atoms with Gasteiger partial charge in [0.25, 0.3) is 5.91 Å². The standard InChI is InChI=1S/C16H23N3O2/c1-10(2)15(20)18-13-7-5-12(6-8-13)16(21)19-14(9-17)11-3-4-11/h5-8,10-11,14H,3-4,9,17H2,1-2H3,(H,18,20)(H,19,21). The van der Waals surface area contributed by atoms with Crippen LogP contribution in [-0.2, 0) is 4.79 Å². The molecule has 0 bridgehead atoms. The van der Waals surface area contributed by atoms with Gasteiger partial charge >= 0.3 is 0 Å². The molecule has 0 radical (unpaired) electrons. The Hall–Kier alpha value is -1.88. The SMILES string of the molecule is CC(C)C(=O)Nc1ccc(C(=O)NC(CN)C2CC2)cc1. The summed E-state index contributed by atoms with van der Waals surface area (Å²) >= 11 is 0. The molecule has 5 nitrogen and oxygen atoms in total. The van der Waals surface area contributed by atoms with E-state index < -0.39 is 0 Å². The molecule has 1 aliphatic carbocycles. The lowest BCUT2D eigenvalue weighted by Crippen LogP contribution is -2.41. The smallest absolute Gasteiger partial charge is 0.251 e. The highest BCUT2D eigenvalue weighted by atomic mass is 16.2. The molecule has 0 aliphatic heterocycles. The van der Waals surface area contributed by atoms with E-state index >= 15 is 0 Å². The highest BCUT2D eigenvalue weighted by Crippen LogP contribution is 2.32. The van der Waals surface area contributed by atoms with Crippen LogP contribution in [0.3, 0.4) is 0 Å². The molecule has 5 heteroatoms. The first kappa shape index (κ1) is 15.5. The second-order valence-electron chi connectivity index (χ2n) is 5.87. The van der Waals surface area contributed by atoms with Gasteiger partial charge in [0.2, 0.25) is 5.91 Å². The Labute approximate surface area is 125 Å². The Morgan fingerprint density at radius 2 is 1.86 bits per heavy atom. The van der Waals surface area contributed by atoms with Gasteiger partial charge in [-0.15, -0.1) is 0 Å². The van der Waals surface area contributed by atoms with Gasteiger partial charge in [0.1, 0.15) is 0 Å². The molecule has 1 fully saturated rings. The van der Waals surface area contributed by atoms with Crippen LogP contribution in [0, 0.1) is 11.8 Å². The zero-order valence-electron chi connectivity index (χ0n) is 12.6. The van der Waals surface area contributed by atoms with Crippen LogP contribution in [0.1, 0.15) is 37.0 Å². The van der Waals surface area contributed by atoms with Crippen molar-refractivity contribution in [2.75, 3.05) is 11.9 Å². The van der Waals surface area contributed by atoms with Crippen LogP contribution in [-0.4, -0.2) is 24.4 Å². The molecule has 1 aromatic carbocycles. The van der Waals surface area contributed by atoms with E-state index in [0.717, 1.165) is 12.8 Å². The number of rotatable bonds is 6. The van der Waals surface area contributed by atoms with Crippen LogP contribution >= 0.6 is 0 Å². The van der Waals surface area contributed by atoms with Gasteiger partial charge in [0.15, 0.2) is 0 Å². The third-order valence-corrected chi connectivity index (χ3v) is 3.70. The maximum Gasteiger partial charge on any atom is 0.251 e. The van der Waals surface area contributed by atoms with Gasteiger partial charge in [-0.1, -0.05) is 13.8 Å². The quantitative estimate of drug-likeness (QED) is 0.746. The van der Waals surface area contributed by atoms with E-state index in [9.17, 15) is 9.59 Å². The lowest BCUT2D eigenvalue weighted by atomic mass is 10.1. The molecule has 1 saturated carbocycles. The molecule has 0 heterocycles. The van der Waals surface area contributed by atoms with E-state index in [4.69, 9.17) is 5.73 Å². The minimum atomic E-state index is -0.112. The van der Waals surface area contributed by atoms with E-state index in [1.54, 1.807) is 24.3 Å². The fourth-order valence-corrected chi connectivity index (χ4v) is 2.11. The van der Waals surface area contributed by atoms with Crippen molar-refractivity contribution in [3.63, 3.8) is 0 Å². The zero-order valence-corrected chi connectivity index (χ0v) is 12.6. The fraction of sp³-hybridized carbons (Fsp3) is 0.500. The summed E-state index contributed by atoms with van der Waals surface area (Å²) in [6, 6.07) is 6.98. The molecular weight excluding hydrogens is 266 g/mol. The van der Waals surface area contributed by atoms with Crippen molar-refractivity contribution in [1.29, 1.82) is 0 Å². The molecule has 2 amide bonds. The Bertz CT molecular complexity index is 507. The number of nitrogens with two attached hydrogens (primary N) is 1. The van der Waals surface area contributed by atoms with Crippen LogP contribution in [0.25, 0.3) is 0 Å². The molecule has 1 aliphatic rings. The largest absolute Gasteiger partial charge is 0.348 e. The molecule has 1 atom stereocenters. The maximum absolute atomic E-state index is 12.1. The first-order chi connectivity index (χ1) is 10.0. The maximum atomic E-state index is 12.1.